The summed E-state index contributed by atoms with van der Waals surface area (Å²) in [5.74, 6) is -0.761. The summed E-state index contributed by atoms with van der Waals surface area (Å²) >= 11 is 3.20. The van der Waals surface area contributed by atoms with Crippen LogP contribution in [0, 0.1) is 12.9 Å². The summed E-state index contributed by atoms with van der Waals surface area (Å²) in [4.78, 5) is 28.6. The molecule has 0 N–H and O–H groups in total. The molecule has 34 heavy (non-hydrogen) atoms. The molecular weight excluding hydrogens is 497 g/mol. The Kier molecular flexibility index (Phi) is 7.29. The number of hydrogen-bond acceptors (Lipinski definition) is 5. The lowest BCUT2D eigenvalue weighted by Crippen LogP contribution is -2.06. The predicted octanol–water partition coefficient (Wildman–Crippen LogP) is 5.85. The molecular formula is C26H19BrFN5O. The highest BCUT2D eigenvalue weighted by Crippen LogP contribution is 2.24. The first-order valence-corrected chi connectivity index (χ1v) is 11.1. The number of ketones is 1. The van der Waals surface area contributed by atoms with Crippen LogP contribution >= 0.6 is 15.9 Å². The minimum atomic E-state index is -0.526. The third-order valence-corrected chi connectivity index (χ3v) is 5.35. The van der Waals surface area contributed by atoms with E-state index in [1.165, 1.54) is 6.20 Å². The average molecular weight is 516 g/mol. The van der Waals surface area contributed by atoms with E-state index in [1.54, 1.807) is 47.7 Å². The van der Waals surface area contributed by atoms with E-state index in [0.717, 1.165) is 15.9 Å². The van der Waals surface area contributed by atoms with Crippen LogP contribution in [0.4, 0.5) is 4.39 Å². The second-order valence-electron chi connectivity index (χ2n) is 7.21. The Balaban J connectivity index is 0.000000336. The Bertz CT molecular complexity index is 1420. The van der Waals surface area contributed by atoms with E-state index in [1.807, 2.05) is 55.5 Å². The number of halogens is 2. The normalized spacial score (nSPS) is 10.3. The summed E-state index contributed by atoms with van der Waals surface area (Å²) in [6.45, 7) is 1.84. The van der Waals surface area contributed by atoms with Crippen LogP contribution in [0.3, 0.4) is 0 Å². The number of imidazole rings is 1. The van der Waals surface area contributed by atoms with Gasteiger partial charge in [-0.2, -0.15) is 4.39 Å². The van der Waals surface area contributed by atoms with Gasteiger partial charge in [0.05, 0.1) is 0 Å². The second-order valence-corrected chi connectivity index (χ2v) is 8.02. The molecule has 8 heteroatoms. The van der Waals surface area contributed by atoms with Crippen molar-refractivity contribution in [2.24, 2.45) is 0 Å². The van der Waals surface area contributed by atoms with Crippen LogP contribution in [-0.4, -0.2) is 30.3 Å². The summed E-state index contributed by atoms with van der Waals surface area (Å²) in [5, 5.41) is 0. The molecule has 0 radical (unpaired) electrons. The third kappa shape index (κ3) is 5.47. The maximum absolute atomic E-state index is 14.0. The largest absolute Gasteiger partial charge is 0.306 e. The molecule has 0 aliphatic carbocycles. The van der Waals surface area contributed by atoms with Gasteiger partial charge in [-0.15, -0.1) is 0 Å². The molecule has 0 atom stereocenters. The van der Waals surface area contributed by atoms with E-state index in [0.29, 0.717) is 22.5 Å². The van der Waals surface area contributed by atoms with Crippen LogP contribution in [0.1, 0.15) is 21.7 Å². The molecule has 0 fully saturated rings. The summed E-state index contributed by atoms with van der Waals surface area (Å²) in [5.41, 5.74) is 3.36. The Morgan fingerprint density at radius 2 is 1.68 bits per heavy atom. The molecule has 0 unspecified atom stereocenters. The van der Waals surface area contributed by atoms with Crippen molar-refractivity contribution in [2.75, 3.05) is 0 Å². The minimum absolute atomic E-state index is 0.235. The summed E-state index contributed by atoms with van der Waals surface area (Å²) in [6, 6.07) is 20.0. The molecule has 5 aromatic rings. The van der Waals surface area contributed by atoms with Crippen molar-refractivity contribution >= 4 is 21.7 Å². The molecule has 4 heterocycles. The van der Waals surface area contributed by atoms with Gasteiger partial charge in [0.1, 0.15) is 22.3 Å². The van der Waals surface area contributed by atoms with Crippen molar-refractivity contribution < 1.29 is 9.18 Å². The van der Waals surface area contributed by atoms with Gasteiger partial charge in [-0.3, -0.25) is 9.78 Å². The van der Waals surface area contributed by atoms with Gasteiger partial charge < -0.3 is 4.57 Å². The van der Waals surface area contributed by atoms with E-state index in [9.17, 15) is 9.18 Å². The third-order valence-electron chi connectivity index (χ3n) is 4.88. The lowest BCUT2D eigenvalue weighted by Gasteiger charge is -2.06. The zero-order valence-electron chi connectivity index (χ0n) is 18.1. The molecule has 0 spiro atoms. The monoisotopic (exact) mass is 515 g/mol. The summed E-state index contributed by atoms with van der Waals surface area (Å²) in [6.07, 6.45) is 7.95. The fraction of sp³-hybridized carbons (Fsp3) is 0.0385. The summed E-state index contributed by atoms with van der Waals surface area (Å²) in [7, 11) is 0. The highest BCUT2D eigenvalue weighted by atomic mass is 79.9. The van der Waals surface area contributed by atoms with Gasteiger partial charge in [0, 0.05) is 36.0 Å². The molecule has 0 saturated heterocycles. The average Bonchev–Trinajstić information content (AvgIpc) is 3.36. The van der Waals surface area contributed by atoms with Gasteiger partial charge in [0.25, 0.3) is 0 Å². The van der Waals surface area contributed by atoms with Crippen LogP contribution in [0.2, 0.25) is 0 Å². The van der Waals surface area contributed by atoms with Crippen molar-refractivity contribution in [1.82, 2.24) is 24.5 Å². The molecule has 0 aliphatic heterocycles. The molecule has 6 nitrogen and oxygen atoms in total. The molecule has 0 bridgehead atoms. The Morgan fingerprint density at radius 1 is 0.882 bits per heavy atom. The van der Waals surface area contributed by atoms with Crippen molar-refractivity contribution in [3.63, 3.8) is 0 Å². The molecule has 0 aliphatic rings. The first kappa shape index (κ1) is 23.1. The van der Waals surface area contributed by atoms with Gasteiger partial charge >= 0.3 is 0 Å². The van der Waals surface area contributed by atoms with E-state index < -0.39 is 5.95 Å². The first-order valence-electron chi connectivity index (χ1n) is 10.3. The highest BCUT2D eigenvalue weighted by molar-refractivity contribution is 9.10. The Morgan fingerprint density at radius 3 is 2.38 bits per heavy atom. The number of carbonyl (C=O) groups excluding carboxylic acids is 1. The topological polar surface area (TPSA) is 73.6 Å². The highest BCUT2D eigenvalue weighted by Gasteiger charge is 2.16. The van der Waals surface area contributed by atoms with Gasteiger partial charge in [0.2, 0.25) is 11.7 Å². The Hall–Kier alpha value is -4.04. The van der Waals surface area contributed by atoms with Crippen molar-refractivity contribution in [3.8, 4) is 16.8 Å². The number of hydrogen-bond donors (Lipinski definition) is 0. The zero-order chi connectivity index (χ0) is 23.9. The lowest BCUT2D eigenvalue weighted by atomic mass is 10.1. The van der Waals surface area contributed by atoms with Gasteiger partial charge in [-0.05, 0) is 76.4 Å². The predicted molar refractivity (Wildman–Crippen MR) is 131 cm³/mol. The maximum atomic E-state index is 14.0. The number of aromatic nitrogens is 5. The maximum Gasteiger partial charge on any atom is 0.231 e. The molecule has 0 amide bonds. The molecule has 0 saturated carbocycles. The fourth-order valence-electron chi connectivity index (χ4n) is 3.20. The van der Waals surface area contributed by atoms with Crippen molar-refractivity contribution in [1.29, 1.82) is 0 Å². The first-order chi connectivity index (χ1) is 16.5. The van der Waals surface area contributed by atoms with Crippen molar-refractivity contribution in [3.05, 3.63) is 125 Å². The summed E-state index contributed by atoms with van der Waals surface area (Å²) < 4.78 is 16.6. The fourth-order valence-corrected chi connectivity index (χ4v) is 3.47. The van der Waals surface area contributed by atoms with E-state index in [-0.39, 0.29) is 5.78 Å². The molecule has 5 rings (SSSR count). The standard InChI is InChI=1S/C21H15FN4O.C5H4BrN/c1-14-5-3-9-23-19(14)20(27)18-12-26(13-25-18)16-7-2-6-15(11-16)17-8-4-10-24-21(17)22;6-5-3-1-2-4-7-5/h2-13H,1H3;1-4H. The number of carbonyl (C=O) groups is 1. The minimum Gasteiger partial charge on any atom is -0.306 e. The van der Waals surface area contributed by atoms with E-state index >= 15 is 0 Å². The van der Waals surface area contributed by atoms with Gasteiger partial charge in [-0.1, -0.05) is 24.3 Å². The lowest BCUT2D eigenvalue weighted by molar-refractivity contribution is 0.102. The van der Waals surface area contributed by atoms with Crippen LogP contribution < -0.4 is 0 Å². The van der Waals surface area contributed by atoms with Crippen LogP contribution in [0.15, 0.2) is 102 Å². The number of pyridine rings is 3. The zero-order valence-corrected chi connectivity index (χ0v) is 19.7. The Labute approximate surface area is 204 Å². The van der Waals surface area contributed by atoms with Gasteiger partial charge in [0.15, 0.2) is 0 Å². The number of nitrogens with zero attached hydrogens (tertiary/aromatic N) is 5. The molecule has 168 valence electrons. The van der Waals surface area contributed by atoms with E-state index in [2.05, 4.69) is 35.9 Å². The number of rotatable bonds is 4. The van der Waals surface area contributed by atoms with Crippen LogP contribution in [0.25, 0.3) is 16.8 Å². The number of aryl methyl sites for hydroxylation is 1. The van der Waals surface area contributed by atoms with Gasteiger partial charge in [-0.25, -0.2) is 15.0 Å². The van der Waals surface area contributed by atoms with Crippen LogP contribution in [-0.2, 0) is 0 Å². The number of benzene rings is 1. The molecule has 4 aromatic heterocycles. The quantitative estimate of drug-likeness (QED) is 0.221. The smallest absolute Gasteiger partial charge is 0.231 e. The van der Waals surface area contributed by atoms with Crippen molar-refractivity contribution in [2.45, 2.75) is 6.92 Å². The van der Waals surface area contributed by atoms with Crippen LogP contribution in [0.5, 0.6) is 0 Å². The SMILES string of the molecule is Brc1ccccn1.Cc1cccnc1C(=O)c1cn(-c2cccc(-c3cccnc3F)c2)cn1. The molecule has 1 aromatic carbocycles. The second kappa shape index (κ2) is 10.7. The van der Waals surface area contributed by atoms with E-state index in [4.69, 9.17) is 0 Å².